The summed E-state index contributed by atoms with van der Waals surface area (Å²) in [5.41, 5.74) is 7.96. The smallest absolute Gasteiger partial charge is 0.0976 e. The third kappa shape index (κ3) is 5.83. The van der Waals surface area contributed by atoms with Crippen molar-refractivity contribution >= 4 is 10.9 Å². The van der Waals surface area contributed by atoms with E-state index in [9.17, 15) is 0 Å². The van der Waals surface area contributed by atoms with Gasteiger partial charge in [0.25, 0.3) is 0 Å². The van der Waals surface area contributed by atoms with Crippen LogP contribution in [0.25, 0.3) is 33.5 Å². The zero-order valence-electron chi connectivity index (χ0n) is 19.4. The number of hydrogen-bond donors (Lipinski definition) is 2. The van der Waals surface area contributed by atoms with E-state index in [1.165, 1.54) is 16.5 Å². The summed E-state index contributed by atoms with van der Waals surface area (Å²) in [6, 6.07) is 17.3. The van der Waals surface area contributed by atoms with Gasteiger partial charge in [0.15, 0.2) is 0 Å². The van der Waals surface area contributed by atoms with Gasteiger partial charge in [0.05, 0.1) is 23.4 Å². The number of H-pyrrole nitrogens is 2. The molecule has 2 N–H and O–H groups in total. The predicted molar refractivity (Wildman–Crippen MR) is 129 cm³/mol. The van der Waals surface area contributed by atoms with Gasteiger partial charge in [0.1, 0.15) is 0 Å². The molecule has 0 saturated carbocycles. The average molecular weight is 392 g/mol. The Morgan fingerprint density at radius 2 is 1.48 bits per heavy atom. The Bertz CT molecular complexity index is 959. The lowest BCUT2D eigenvalue weighted by Crippen LogP contribution is -1.85. The molecule has 0 radical (unpaired) electrons. The lowest BCUT2D eigenvalue weighted by Gasteiger charge is -2.03. The fraction of sp³-hybridized carbons (Fsp3) is 0.346. The van der Waals surface area contributed by atoms with E-state index in [1.807, 2.05) is 41.5 Å². The molecular weight excluding hydrogens is 354 g/mol. The minimum Gasteiger partial charge on any atom is -0.353 e. The zero-order valence-corrected chi connectivity index (χ0v) is 19.4. The van der Waals surface area contributed by atoms with Crippen molar-refractivity contribution in [1.82, 2.24) is 15.0 Å². The maximum absolute atomic E-state index is 4.53. The lowest BCUT2D eigenvalue weighted by molar-refractivity contribution is 1.14. The van der Waals surface area contributed by atoms with Crippen LogP contribution in [0.5, 0.6) is 0 Å². The highest BCUT2D eigenvalue weighted by Gasteiger charge is 2.12. The maximum atomic E-state index is 4.53. The molecular formula is C26H37N3. The zero-order chi connectivity index (χ0) is 21.8. The molecule has 0 spiro atoms. The van der Waals surface area contributed by atoms with Crippen molar-refractivity contribution in [3.8, 4) is 22.6 Å². The third-order valence-electron chi connectivity index (χ3n) is 4.32. The molecule has 29 heavy (non-hydrogen) atoms. The summed E-state index contributed by atoms with van der Waals surface area (Å²) in [6.07, 6.45) is 2.81. The van der Waals surface area contributed by atoms with Gasteiger partial charge in [0, 0.05) is 16.5 Å². The van der Waals surface area contributed by atoms with Crippen molar-refractivity contribution in [3.05, 3.63) is 66.0 Å². The number of aromatic amines is 2. The van der Waals surface area contributed by atoms with Crippen molar-refractivity contribution in [2.45, 2.75) is 61.8 Å². The van der Waals surface area contributed by atoms with E-state index >= 15 is 0 Å². The topological polar surface area (TPSA) is 44.5 Å². The summed E-state index contributed by atoms with van der Waals surface area (Å²) in [7, 11) is 0. The van der Waals surface area contributed by atoms with Crippen LogP contribution in [0.1, 0.15) is 59.6 Å². The van der Waals surface area contributed by atoms with Crippen LogP contribution in [0.4, 0.5) is 0 Å². The van der Waals surface area contributed by atoms with Crippen molar-refractivity contribution in [2.75, 3.05) is 0 Å². The van der Waals surface area contributed by atoms with Gasteiger partial charge in [-0.3, -0.25) is 0 Å². The second-order valence-corrected chi connectivity index (χ2v) is 5.95. The average Bonchev–Trinajstić information content (AvgIpc) is 3.44. The van der Waals surface area contributed by atoms with Gasteiger partial charge >= 0.3 is 0 Å². The number of aryl methyl sites for hydroxylation is 2. The highest BCUT2D eigenvalue weighted by Crippen LogP contribution is 2.31. The molecule has 0 aliphatic rings. The number of nitrogens with zero attached hydrogens (tertiary/aromatic N) is 1. The molecule has 4 rings (SSSR count). The standard InChI is InChI=1S/C20H19N3.3C2H6/c1-3-14-5-8-15(9-6-14)19-20(22-12-21-19)18-11-16-7-4-13(2)10-17(16)23-18;3*1-2/h4-12,23H,3H2,1-2H3,(H,21,22);3*1-2H3. The van der Waals surface area contributed by atoms with Gasteiger partial charge < -0.3 is 9.97 Å². The summed E-state index contributed by atoms with van der Waals surface area (Å²) < 4.78 is 0. The van der Waals surface area contributed by atoms with E-state index in [1.54, 1.807) is 6.33 Å². The lowest BCUT2D eigenvalue weighted by atomic mass is 10.1. The summed E-state index contributed by atoms with van der Waals surface area (Å²) >= 11 is 0. The highest BCUT2D eigenvalue weighted by atomic mass is 14.9. The SMILES string of the molecule is CC.CC.CC.CCc1ccc(-c2nc[nH]c2-c2cc3ccc(C)cc3[nH]2)cc1. The van der Waals surface area contributed by atoms with Crippen molar-refractivity contribution in [3.63, 3.8) is 0 Å². The molecule has 0 aliphatic heterocycles. The Labute approximate surface area is 176 Å². The van der Waals surface area contributed by atoms with E-state index in [4.69, 9.17) is 0 Å². The summed E-state index contributed by atoms with van der Waals surface area (Å²) in [5, 5.41) is 1.22. The van der Waals surface area contributed by atoms with Gasteiger partial charge in [-0.05, 0) is 36.6 Å². The Kier molecular flexibility index (Phi) is 10.5. The molecule has 2 aromatic heterocycles. The fourth-order valence-electron chi connectivity index (χ4n) is 2.99. The summed E-state index contributed by atoms with van der Waals surface area (Å²) in [6.45, 7) is 16.3. The van der Waals surface area contributed by atoms with Crippen molar-refractivity contribution in [1.29, 1.82) is 0 Å². The molecule has 0 bridgehead atoms. The summed E-state index contributed by atoms with van der Waals surface area (Å²) in [4.78, 5) is 11.3. The van der Waals surface area contributed by atoms with Crippen LogP contribution in [0.15, 0.2) is 54.9 Å². The van der Waals surface area contributed by atoms with Crippen molar-refractivity contribution < 1.29 is 0 Å². The molecule has 0 saturated heterocycles. The molecule has 0 atom stereocenters. The minimum atomic E-state index is 0.982. The number of aromatic nitrogens is 3. The van der Waals surface area contributed by atoms with Gasteiger partial charge in [-0.1, -0.05) is 84.9 Å². The van der Waals surface area contributed by atoms with Gasteiger partial charge in [-0.15, -0.1) is 0 Å². The van der Waals surface area contributed by atoms with E-state index in [0.29, 0.717) is 0 Å². The molecule has 2 heterocycles. The number of benzene rings is 2. The predicted octanol–water partition coefficient (Wildman–Crippen LogP) is 8.17. The number of hydrogen-bond acceptors (Lipinski definition) is 1. The van der Waals surface area contributed by atoms with Crippen LogP contribution < -0.4 is 0 Å². The Morgan fingerprint density at radius 3 is 2.10 bits per heavy atom. The van der Waals surface area contributed by atoms with Gasteiger partial charge in [-0.25, -0.2) is 4.98 Å². The van der Waals surface area contributed by atoms with Crippen LogP contribution >= 0.6 is 0 Å². The Hall–Kier alpha value is -2.81. The first-order chi connectivity index (χ1) is 14.2. The van der Waals surface area contributed by atoms with E-state index in [-0.39, 0.29) is 0 Å². The second kappa shape index (κ2) is 12.6. The van der Waals surface area contributed by atoms with Crippen LogP contribution in [0.2, 0.25) is 0 Å². The molecule has 3 heteroatoms. The highest BCUT2D eigenvalue weighted by molar-refractivity contribution is 5.88. The van der Waals surface area contributed by atoms with Gasteiger partial charge in [-0.2, -0.15) is 0 Å². The maximum Gasteiger partial charge on any atom is 0.0976 e. The number of nitrogens with one attached hydrogen (secondary N) is 2. The number of rotatable bonds is 3. The molecule has 3 nitrogen and oxygen atoms in total. The molecule has 4 aromatic rings. The monoisotopic (exact) mass is 391 g/mol. The van der Waals surface area contributed by atoms with Gasteiger partial charge in [0.2, 0.25) is 0 Å². The van der Waals surface area contributed by atoms with E-state index in [0.717, 1.165) is 34.6 Å². The first kappa shape index (κ1) is 24.2. The third-order valence-corrected chi connectivity index (χ3v) is 4.32. The van der Waals surface area contributed by atoms with E-state index < -0.39 is 0 Å². The number of fused-ring (bicyclic) bond motifs is 1. The molecule has 2 aromatic carbocycles. The Morgan fingerprint density at radius 1 is 0.828 bits per heavy atom. The van der Waals surface area contributed by atoms with Crippen LogP contribution in [0.3, 0.4) is 0 Å². The fourth-order valence-corrected chi connectivity index (χ4v) is 2.99. The minimum absolute atomic E-state index is 0.982. The van der Waals surface area contributed by atoms with Crippen molar-refractivity contribution in [2.24, 2.45) is 0 Å². The quantitative estimate of drug-likeness (QED) is 0.363. The second-order valence-electron chi connectivity index (χ2n) is 5.95. The molecule has 0 amide bonds. The van der Waals surface area contributed by atoms with Crippen LogP contribution in [-0.2, 0) is 6.42 Å². The largest absolute Gasteiger partial charge is 0.353 e. The van der Waals surface area contributed by atoms with Crippen LogP contribution in [-0.4, -0.2) is 15.0 Å². The first-order valence-electron chi connectivity index (χ1n) is 11.0. The molecule has 0 unspecified atom stereocenters. The number of imidazole rings is 1. The normalized spacial score (nSPS) is 9.52. The molecule has 0 aliphatic carbocycles. The first-order valence-corrected chi connectivity index (χ1v) is 11.0. The van der Waals surface area contributed by atoms with Crippen LogP contribution in [0, 0.1) is 6.92 Å². The Balaban J connectivity index is 0.000000644. The molecule has 0 fully saturated rings. The summed E-state index contributed by atoms with van der Waals surface area (Å²) in [5.74, 6) is 0. The molecule has 156 valence electrons. The van der Waals surface area contributed by atoms with E-state index in [2.05, 4.69) is 77.3 Å².